The summed E-state index contributed by atoms with van der Waals surface area (Å²) in [5, 5.41) is 3.16. The van der Waals surface area contributed by atoms with E-state index >= 15 is 0 Å². The minimum Gasteiger partial charge on any atom is -0.482 e. The summed E-state index contributed by atoms with van der Waals surface area (Å²) < 4.78 is 5.26. The predicted molar refractivity (Wildman–Crippen MR) is 107 cm³/mol. The molecule has 0 saturated heterocycles. The number of carbonyl (C=O) groups excluding carboxylic acids is 3. The second-order valence-electron chi connectivity index (χ2n) is 6.18. The molecule has 0 aliphatic heterocycles. The molecule has 0 heterocycles. The van der Waals surface area contributed by atoms with Gasteiger partial charge in [0.15, 0.2) is 6.61 Å². The lowest BCUT2D eigenvalue weighted by molar-refractivity contribution is -0.130. The van der Waals surface area contributed by atoms with E-state index in [4.69, 9.17) is 16.3 Å². The third-order valence-corrected chi connectivity index (χ3v) is 4.10. The number of rotatable bonds is 7. The monoisotopic (exact) mass is 403 g/mol. The van der Waals surface area contributed by atoms with E-state index in [1.54, 1.807) is 24.3 Å². The highest BCUT2D eigenvalue weighted by atomic mass is 35.5. The van der Waals surface area contributed by atoms with Crippen LogP contribution >= 0.6 is 11.6 Å². The number of carbonyl (C=O) groups is 3. The zero-order valence-corrected chi connectivity index (χ0v) is 16.4. The summed E-state index contributed by atoms with van der Waals surface area (Å²) in [6.07, 6.45) is -0.0758. The Morgan fingerprint density at radius 3 is 2.36 bits per heavy atom. The molecular formula is C20H22ClN3O4. The number of ether oxygens (including phenoxy) is 1. The number of nitrogens with one attached hydrogen (secondary N) is 3. The van der Waals surface area contributed by atoms with Crippen molar-refractivity contribution < 1.29 is 19.1 Å². The fourth-order valence-electron chi connectivity index (χ4n) is 2.25. The first kappa shape index (κ1) is 21.2. The van der Waals surface area contributed by atoms with Gasteiger partial charge in [-0.2, -0.15) is 0 Å². The molecule has 148 valence electrons. The van der Waals surface area contributed by atoms with Crippen LogP contribution in [0, 0.1) is 13.8 Å². The maximum absolute atomic E-state index is 12.0. The van der Waals surface area contributed by atoms with Crippen LogP contribution < -0.4 is 20.9 Å². The van der Waals surface area contributed by atoms with Crippen molar-refractivity contribution in [2.24, 2.45) is 0 Å². The van der Waals surface area contributed by atoms with Crippen LogP contribution in [0.2, 0.25) is 5.02 Å². The number of anilines is 1. The van der Waals surface area contributed by atoms with Crippen LogP contribution in [-0.4, -0.2) is 24.3 Å². The fourth-order valence-corrected chi connectivity index (χ4v) is 2.44. The van der Waals surface area contributed by atoms with Gasteiger partial charge in [-0.25, -0.2) is 0 Å². The van der Waals surface area contributed by atoms with Gasteiger partial charge in [-0.1, -0.05) is 35.9 Å². The van der Waals surface area contributed by atoms with Gasteiger partial charge in [0, 0.05) is 18.5 Å². The zero-order chi connectivity index (χ0) is 20.5. The van der Waals surface area contributed by atoms with Crippen molar-refractivity contribution in [2.45, 2.75) is 26.7 Å². The van der Waals surface area contributed by atoms with Crippen molar-refractivity contribution in [1.82, 2.24) is 10.9 Å². The Morgan fingerprint density at radius 2 is 1.61 bits per heavy atom. The van der Waals surface area contributed by atoms with Crippen molar-refractivity contribution in [1.29, 1.82) is 0 Å². The molecule has 28 heavy (non-hydrogen) atoms. The average Bonchev–Trinajstić information content (AvgIpc) is 2.67. The van der Waals surface area contributed by atoms with Crippen LogP contribution in [0.5, 0.6) is 5.75 Å². The highest BCUT2D eigenvalue weighted by Gasteiger charge is 2.10. The van der Waals surface area contributed by atoms with Crippen molar-refractivity contribution in [3.8, 4) is 5.75 Å². The molecule has 3 amide bonds. The molecule has 2 rings (SSSR count). The van der Waals surface area contributed by atoms with E-state index in [9.17, 15) is 14.4 Å². The van der Waals surface area contributed by atoms with Crippen LogP contribution in [-0.2, 0) is 14.4 Å². The van der Waals surface area contributed by atoms with E-state index < -0.39 is 11.8 Å². The van der Waals surface area contributed by atoms with Gasteiger partial charge >= 0.3 is 0 Å². The van der Waals surface area contributed by atoms with Crippen LogP contribution in [0.3, 0.4) is 0 Å². The highest BCUT2D eigenvalue weighted by molar-refractivity contribution is 6.32. The Bertz CT molecular complexity index is 870. The summed E-state index contributed by atoms with van der Waals surface area (Å²) in [7, 11) is 0. The summed E-state index contributed by atoms with van der Waals surface area (Å²) >= 11 is 5.92. The molecule has 7 nitrogen and oxygen atoms in total. The molecule has 0 bridgehead atoms. The molecule has 0 aliphatic rings. The van der Waals surface area contributed by atoms with Crippen molar-refractivity contribution in [3.63, 3.8) is 0 Å². The smallest absolute Gasteiger partial charge is 0.276 e. The second kappa shape index (κ2) is 10.3. The molecule has 0 aliphatic carbocycles. The van der Waals surface area contributed by atoms with E-state index in [1.807, 2.05) is 32.0 Å². The molecule has 0 atom stereocenters. The molecule has 8 heteroatoms. The van der Waals surface area contributed by atoms with E-state index in [-0.39, 0.29) is 25.4 Å². The summed E-state index contributed by atoms with van der Waals surface area (Å²) in [4.78, 5) is 35.5. The first-order valence-corrected chi connectivity index (χ1v) is 9.05. The molecular weight excluding hydrogens is 382 g/mol. The SMILES string of the molecule is Cc1ccc(C)c(NC(=O)CCC(=O)NNC(=O)COc2ccccc2Cl)c1. The number of hydrazine groups is 1. The van der Waals surface area contributed by atoms with Gasteiger partial charge < -0.3 is 10.1 Å². The molecule has 3 N–H and O–H groups in total. The Labute approximate surface area is 168 Å². The lowest BCUT2D eigenvalue weighted by Gasteiger charge is -2.10. The molecule has 0 radical (unpaired) electrons. The van der Waals surface area contributed by atoms with Crippen molar-refractivity contribution >= 4 is 35.0 Å². The summed E-state index contributed by atoms with van der Waals surface area (Å²) in [6, 6.07) is 12.5. The third kappa shape index (κ3) is 6.92. The molecule has 2 aromatic carbocycles. The minimum absolute atomic E-state index is 0.00872. The fraction of sp³-hybridized carbons (Fsp3) is 0.250. The van der Waals surface area contributed by atoms with Gasteiger partial charge in [0.1, 0.15) is 5.75 Å². The molecule has 0 spiro atoms. The van der Waals surface area contributed by atoms with Gasteiger partial charge in [-0.05, 0) is 43.2 Å². The zero-order valence-electron chi connectivity index (χ0n) is 15.7. The largest absolute Gasteiger partial charge is 0.482 e. The Balaban J connectivity index is 1.67. The second-order valence-corrected chi connectivity index (χ2v) is 6.59. The lowest BCUT2D eigenvalue weighted by Crippen LogP contribution is -2.44. The highest BCUT2D eigenvalue weighted by Crippen LogP contribution is 2.22. The summed E-state index contributed by atoms with van der Waals surface area (Å²) in [5.41, 5.74) is 7.15. The summed E-state index contributed by atoms with van der Waals surface area (Å²) in [6.45, 7) is 3.51. The Kier molecular flexibility index (Phi) is 7.83. The number of benzene rings is 2. The van der Waals surface area contributed by atoms with E-state index in [2.05, 4.69) is 16.2 Å². The molecule has 0 unspecified atom stereocenters. The Morgan fingerprint density at radius 1 is 0.929 bits per heavy atom. The summed E-state index contributed by atoms with van der Waals surface area (Å²) in [5.74, 6) is -0.943. The third-order valence-electron chi connectivity index (χ3n) is 3.78. The lowest BCUT2D eigenvalue weighted by atomic mass is 10.1. The number of aryl methyl sites for hydroxylation is 2. The first-order chi connectivity index (χ1) is 13.3. The van der Waals surface area contributed by atoms with Crippen LogP contribution in [0.25, 0.3) is 0 Å². The molecule has 0 aromatic heterocycles. The maximum Gasteiger partial charge on any atom is 0.276 e. The number of hydrogen-bond acceptors (Lipinski definition) is 4. The van der Waals surface area contributed by atoms with Gasteiger partial charge in [0.2, 0.25) is 11.8 Å². The van der Waals surface area contributed by atoms with Crippen LogP contribution in [0.4, 0.5) is 5.69 Å². The van der Waals surface area contributed by atoms with Crippen molar-refractivity contribution in [2.75, 3.05) is 11.9 Å². The van der Waals surface area contributed by atoms with Gasteiger partial charge in [0.25, 0.3) is 5.91 Å². The van der Waals surface area contributed by atoms with Crippen LogP contribution in [0.1, 0.15) is 24.0 Å². The Hall–Kier alpha value is -3.06. The average molecular weight is 404 g/mol. The first-order valence-electron chi connectivity index (χ1n) is 8.67. The van der Waals surface area contributed by atoms with E-state index in [0.717, 1.165) is 16.8 Å². The van der Waals surface area contributed by atoms with Crippen LogP contribution in [0.15, 0.2) is 42.5 Å². The number of para-hydroxylation sites is 1. The topological polar surface area (TPSA) is 96.5 Å². The van der Waals surface area contributed by atoms with Gasteiger partial charge in [0.05, 0.1) is 5.02 Å². The number of halogens is 1. The number of hydrogen-bond donors (Lipinski definition) is 3. The normalized spacial score (nSPS) is 10.1. The molecule has 0 saturated carbocycles. The van der Waals surface area contributed by atoms with Crippen molar-refractivity contribution in [3.05, 3.63) is 58.6 Å². The predicted octanol–water partition coefficient (Wildman–Crippen LogP) is 2.90. The van der Waals surface area contributed by atoms with Gasteiger partial charge in [-0.15, -0.1) is 0 Å². The molecule has 2 aromatic rings. The van der Waals surface area contributed by atoms with E-state index in [1.165, 1.54) is 0 Å². The standard InChI is InChI=1S/C20H22ClN3O4/c1-13-7-8-14(2)16(11-13)22-18(25)9-10-19(26)23-24-20(27)12-28-17-6-4-3-5-15(17)21/h3-8,11H,9-10,12H2,1-2H3,(H,22,25)(H,23,26)(H,24,27). The van der Waals surface area contributed by atoms with Gasteiger partial charge in [-0.3, -0.25) is 25.2 Å². The maximum atomic E-state index is 12.0. The van der Waals surface area contributed by atoms with E-state index in [0.29, 0.717) is 10.8 Å². The quantitative estimate of drug-likeness (QED) is 0.619. The minimum atomic E-state index is -0.548. The molecule has 0 fully saturated rings. The number of amides is 3.